The van der Waals surface area contributed by atoms with Crippen molar-refractivity contribution in [3.05, 3.63) is 71.8 Å². The lowest BCUT2D eigenvalue weighted by molar-refractivity contribution is 0.0252. The Morgan fingerprint density at radius 2 is 1.05 bits per heavy atom. The Labute approximate surface area is 115 Å². The summed E-state index contributed by atoms with van der Waals surface area (Å²) >= 11 is 0. The molecular formula is C17H20N2. The highest BCUT2D eigenvalue weighted by Gasteiger charge is 2.35. The van der Waals surface area contributed by atoms with Crippen LogP contribution >= 0.6 is 0 Å². The molecule has 19 heavy (non-hydrogen) atoms. The van der Waals surface area contributed by atoms with E-state index in [0.717, 1.165) is 6.42 Å². The van der Waals surface area contributed by atoms with Gasteiger partial charge in [-0.25, -0.2) is 10.0 Å². The highest BCUT2D eigenvalue weighted by Crippen LogP contribution is 2.41. The van der Waals surface area contributed by atoms with E-state index in [1.807, 2.05) is 0 Å². The predicted molar refractivity (Wildman–Crippen MR) is 78.5 cm³/mol. The fourth-order valence-corrected chi connectivity index (χ4v) is 3.01. The molecule has 0 aliphatic carbocycles. The van der Waals surface area contributed by atoms with Gasteiger partial charge in [0.05, 0.1) is 12.1 Å². The second-order valence-electron chi connectivity index (χ2n) is 5.24. The van der Waals surface area contributed by atoms with Gasteiger partial charge in [-0.2, -0.15) is 0 Å². The van der Waals surface area contributed by atoms with E-state index in [1.165, 1.54) is 11.1 Å². The van der Waals surface area contributed by atoms with Crippen LogP contribution in [0.3, 0.4) is 0 Å². The van der Waals surface area contributed by atoms with Crippen LogP contribution in [0.25, 0.3) is 0 Å². The molecule has 1 heterocycles. The monoisotopic (exact) mass is 252 g/mol. The molecule has 1 aliphatic heterocycles. The standard InChI is InChI=1S/C17H20N2/c1-18-16(14-9-5-3-6-10-14)13-17(19(18)2)15-11-7-4-8-12-15/h3-12,16-17H,13H2,1-2H3/t16-,17+. The summed E-state index contributed by atoms with van der Waals surface area (Å²) in [6, 6.07) is 22.5. The molecule has 0 aromatic heterocycles. The van der Waals surface area contributed by atoms with Crippen molar-refractivity contribution in [2.45, 2.75) is 18.5 Å². The number of benzene rings is 2. The largest absolute Gasteiger partial charge is 0.237 e. The maximum atomic E-state index is 2.35. The SMILES string of the molecule is CN1[C@@H](c2ccccc2)C[C@@H](c2ccccc2)N1C. The molecule has 2 aromatic carbocycles. The molecule has 0 amide bonds. The predicted octanol–water partition coefficient (Wildman–Crippen LogP) is 3.65. The van der Waals surface area contributed by atoms with Crippen molar-refractivity contribution in [3.63, 3.8) is 0 Å². The van der Waals surface area contributed by atoms with Crippen LogP contribution in [0.4, 0.5) is 0 Å². The smallest absolute Gasteiger partial charge is 0.0511 e. The van der Waals surface area contributed by atoms with E-state index in [-0.39, 0.29) is 0 Å². The molecule has 0 bridgehead atoms. The van der Waals surface area contributed by atoms with Gasteiger partial charge < -0.3 is 0 Å². The van der Waals surface area contributed by atoms with Crippen molar-refractivity contribution >= 4 is 0 Å². The van der Waals surface area contributed by atoms with E-state index in [0.29, 0.717) is 12.1 Å². The summed E-state index contributed by atoms with van der Waals surface area (Å²) in [7, 11) is 4.36. The molecule has 1 saturated heterocycles. The number of hydrazine groups is 1. The fraction of sp³-hybridized carbons (Fsp3) is 0.294. The van der Waals surface area contributed by atoms with Crippen LogP contribution in [-0.4, -0.2) is 24.1 Å². The van der Waals surface area contributed by atoms with Crippen molar-refractivity contribution in [3.8, 4) is 0 Å². The first-order valence-corrected chi connectivity index (χ1v) is 6.83. The number of rotatable bonds is 2. The third kappa shape index (κ3) is 2.29. The van der Waals surface area contributed by atoms with Crippen molar-refractivity contribution in [2.24, 2.45) is 0 Å². The van der Waals surface area contributed by atoms with Crippen LogP contribution < -0.4 is 0 Å². The van der Waals surface area contributed by atoms with Crippen LogP contribution in [0.1, 0.15) is 29.6 Å². The Kier molecular flexibility index (Phi) is 3.36. The zero-order valence-electron chi connectivity index (χ0n) is 11.5. The average Bonchev–Trinajstić information content (AvgIpc) is 2.77. The van der Waals surface area contributed by atoms with E-state index >= 15 is 0 Å². The third-order valence-electron chi connectivity index (χ3n) is 4.21. The molecule has 98 valence electrons. The molecule has 2 heteroatoms. The molecule has 1 aliphatic rings. The molecule has 2 aromatic rings. The summed E-state index contributed by atoms with van der Waals surface area (Å²) in [6.07, 6.45) is 1.14. The summed E-state index contributed by atoms with van der Waals surface area (Å²) < 4.78 is 0. The van der Waals surface area contributed by atoms with Crippen LogP contribution in [-0.2, 0) is 0 Å². The second-order valence-corrected chi connectivity index (χ2v) is 5.24. The quantitative estimate of drug-likeness (QED) is 0.805. The minimum Gasteiger partial charge on any atom is -0.237 e. The van der Waals surface area contributed by atoms with E-state index < -0.39 is 0 Å². The van der Waals surface area contributed by atoms with Gasteiger partial charge in [-0.15, -0.1) is 0 Å². The minimum atomic E-state index is 0.469. The maximum absolute atomic E-state index is 2.35. The van der Waals surface area contributed by atoms with Gasteiger partial charge in [0.2, 0.25) is 0 Å². The van der Waals surface area contributed by atoms with Gasteiger partial charge in [0.15, 0.2) is 0 Å². The molecule has 2 atom stereocenters. The maximum Gasteiger partial charge on any atom is 0.0511 e. The molecule has 2 nitrogen and oxygen atoms in total. The van der Waals surface area contributed by atoms with E-state index in [1.54, 1.807) is 0 Å². The van der Waals surface area contributed by atoms with Crippen LogP contribution in [0.2, 0.25) is 0 Å². The Hall–Kier alpha value is -1.64. The van der Waals surface area contributed by atoms with Gasteiger partial charge in [0.1, 0.15) is 0 Å². The van der Waals surface area contributed by atoms with Crippen molar-refractivity contribution in [2.75, 3.05) is 14.1 Å². The van der Waals surface area contributed by atoms with Gasteiger partial charge in [0.25, 0.3) is 0 Å². The summed E-state index contributed by atoms with van der Waals surface area (Å²) in [5, 5.41) is 4.71. The van der Waals surface area contributed by atoms with Crippen molar-refractivity contribution in [1.82, 2.24) is 10.0 Å². The van der Waals surface area contributed by atoms with Crippen LogP contribution in [0.5, 0.6) is 0 Å². The zero-order valence-corrected chi connectivity index (χ0v) is 11.5. The Balaban J connectivity index is 1.88. The lowest BCUT2D eigenvalue weighted by Gasteiger charge is -2.28. The highest BCUT2D eigenvalue weighted by molar-refractivity contribution is 5.24. The first-order valence-electron chi connectivity index (χ1n) is 6.83. The second kappa shape index (κ2) is 5.16. The van der Waals surface area contributed by atoms with E-state index in [9.17, 15) is 0 Å². The molecule has 0 N–H and O–H groups in total. The number of hydrogen-bond acceptors (Lipinski definition) is 2. The van der Waals surface area contributed by atoms with Gasteiger partial charge in [-0.1, -0.05) is 60.7 Å². The molecule has 3 rings (SSSR count). The van der Waals surface area contributed by atoms with Gasteiger partial charge in [0, 0.05) is 14.1 Å². The summed E-state index contributed by atoms with van der Waals surface area (Å²) in [5.41, 5.74) is 2.80. The highest BCUT2D eigenvalue weighted by atomic mass is 15.6. The lowest BCUT2D eigenvalue weighted by atomic mass is 9.97. The molecular weight excluding hydrogens is 232 g/mol. The third-order valence-corrected chi connectivity index (χ3v) is 4.21. The van der Waals surface area contributed by atoms with E-state index in [4.69, 9.17) is 0 Å². The summed E-state index contributed by atoms with van der Waals surface area (Å²) in [4.78, 5) is 0. The Bertz CT molecular complexity index is 474. The molecule has 0 spiro atoms. The summed E-state index contributed by atoms with van der Waals surface area (Å²) in [6.45, 7) is 0. The zero-order chi connectivity index (χ0) is 13.2. The normalized spacial score (nSPS) is 24.7. The summed E-state index contributed by atoms with van der Waals surface area (Å²) in [5.74, 6) is 0. The topological polar surface area (TPSA) is 6.48 Å². The number of nitrogens with zero attached hydrogens (tertiary/aromatic N) is 2. The van der Waals surface area contributed by atoms with E-state index in [2.05, 4.69) is 84.8 Å². The van der Waals surface area contributed by atoms with Gasteiger partial charge >= 0.3 is 0 Å². The van der Waals surface area contributed by atoms with Crippen molar-refractivity contribution < 1.29 is 0 Å². The van der Waals surface area contributed by atoms with Gasteiger partial charge in [-0.05, 0) is 17.5 Å². The van der Waals surface area contributed by atoms with Crippen LogP contribution in [0, 0.1) is 0 Å². The molecule has 1 fully saturated rings. The van der Waals surface area contributed by atoms with Crippen LogP contribution in [0.15, 0.2) is 60.7 Å². The first-order chi connectivity index (χ1) is 9.27. The number of hydrogen-bond donors (Lipinski definition) is 0. The van der Waals surface area contributed by atoms with Crippen molar-refractivity contribution in [1.29, 1.82) is 0 Å². The average molecular weight is 252 g/mol. The molecule has 0 unspecified atom stereocenters. The Morgan fingerprint density at radius 3 is 1.42 bits per heavy atom. The fourth-order valence-electron chi connectivity index (χ4n) is 3.01. The molecule has 0 saturated carbocycles. The van der Waals surface area contributed by atoms with Gasteiger partial charge in [-0.3, -0.25) is 0 Å². The Morgan fingerprint density at radius 1 is 0.684 bits per heavy atom. The first kappa shape index (κ1) is 12.4. The minimum absolute atomic E-state index is 0.469. The lowest BCUT2D eigenvalue weighted by Crippen LogP contribution is -2.32. The molecule has 0 radical (unpaired) electrons.